The number of halogens is 1. The fourth-order valence-electron chi connectivity index (χ4n) is 3.08. The molecule has 1 saturated carbocycles. The van der Waals surface area contributed by atoms with Crippen LogP contribution in [0.5, 0.6) is 0 Å². The molecule has 2 N–H and O–H groups in total. The molecule has 1 aromatic rings. The van der Waals surface area contributed by atoms with Crippen molar-refractivity contribution in [2.45, 2.75) is 57.1 Å². The number of urea groups is 1. The van der Waals surface area contributed by atoms with Crippen molar-refractivity contribution in [2.24, 2.45) is 0 Å². The second kappa shape index (κ2) is 8.29. The number of carbonyl (C=O) groups excluding carboxylic acids is 1. The molecule has 0 heterocycles. The summed E-state index contributed by atoms with van der Waals surface area (Å²) in [6.07, 6.45) is 6.88. The van der Waals surface area contributed by atoms with E-state index in [2.05, 4.69) is 10.6 Å². The first-order chi connectivity index (χ1) is 11.0. The molecule has 0 saturated heterocycles. The highest BCUT2D eigenvalue weighted by Gasteiger charge is 2.30. The number of nitrogens with one attached hydrogen (secondary N) is 2. The van der Waals surface area contributed by atoms with Crippen molar-refractivity contribution in [3.05, 3.63) is 35.6 Å². The van der Waals surface area contributed by atoms with Crippen molar-refractivity contribution >= 4 is 6.03 Å². The molecule has 1 unspecified atom stereocenters. The minimum absolute atomic E-state index is 0.211. The fourth-order valence-corrected chi connectivity index (χ4v) is 3.08. The molecule has 2 rings (SSSR count). The summed E-state index contributed by atoms with van der Waals surface area (Å²) in [5.41, 5.74) is -0.455. The zero-order valence-corrected chi connectivity index (χ0v) is 14.0. The normalized spacial score (nSPS) is 18.7. The minimum Gasteiger partial charge on any atom is -0.372 e. The van der Waals surface area contributed by atoms with Gasteiger partial charge in [0.25, 0.3) is 0 Å². The Bertz CT molecular complexity index is 515. The zero-order chi connectivity index (χ0) is 16.7. The smallest absolute Gasteiger partial charge is 0.315 e. The molecule has 0 aromatic heterocycles. The van der Waals surface area contributed by atoms with E-state index in [-0.39, 0.29) is 24.4 Å². The van der Waals surface area contributed by atoms with Crippen molar-refractivity contribution in [3.63, 3.8) is 0 Å². The van der Waals surface area contributed by atoms with Crippen LogP contribution < -0.4 is 10.6 Å². The van der Waals surface area contributed by atoms with E-state index in [1.54, 1.807) is 25.1 Å². The van der Waals surface area contributed by atoms with Crippen LogP contribution in [0.1, 0.15) is 51.0 Å². The maximum Gasteiger partial charge on any atom is 0.315 e. The van der Waals surface area contributed by atoms with Crippen LogP contribution in [0.25, 0.3) is 0 Å². The number of amides is 2. The van der Waals surface area contributed by atoms with Gasteiger partial charge in [0.05, 0.1) is 6.54 Å². The van der Waals surface area contributed by atoms with Crippen molar-refractivity contribution in [3.8, 4) is 0 Å². The van der Waals surface area contributed by atoms with Gasteiger partial charge < -0.3 is 15.4 Å². The third-order valence-electron chi connectivity index (χ3n) is 4.67. The average molecular weight is 322 g/mol. The molecular weight excluding hydrogens is 295 g/mol. The number of carbonyl (C=O) groups is 1. The summed E-state index contributed by atoms with van der Waals surface area (Å²) in [7, 11) is 1.53. The molecule has 128 valence electrons. The van der Waals surface area contributed by atoms with Crippen LogP contribution in [0, 0.1) is 5.82 Å². The average Bonchev–Trinajstić information content (AvgIpc) is 2.82. The summed E-state index contributed by atoms with van der Waals surface area (Å²) in [4.78, 5) is 12.1. The van der Waals surface area contributed by atoms with Gasteiger partial charge in [0.1, 0.15) is 11.4 Å². The molecule has 4 nitrogen and oxygen atoms in total. The SMILES string of the molecule is COC(C)(CNC(=O)NC1CCCCCC1)c1ccccc1F. The van der Waals surface area contributed by atoms with Crippen LogP contribution in [-0.2, 0) is 10.3 Å². The first-order valence-electron chi connectivity index (χ1n) is 8.40. The summed E-state index contributed by atoms with van der Waals surface area (Å²) in [5.74, 6) is -0.331. The van der Waals surface area contributed by atoms with Gasteiger partial charge in [-0.05, 0) is 25.8 Å². The zero-order valence-electron chi connectivity index (χ0n) is 14.0. The Morgan fingerprint density at radius 3 is 2.52 bits per heavy atom. The van der Waals surface area contributed by atoms with Gasteiger partial charge in [-0.3, -0.25) is 0 Å². The number of hydrogen-bond donors (Lipinski definition) is 2. The second-order valence-electron chi connectivity index (χ2n) is 6.43. The van der Waals surface area contributed by atoms with Crippen LogP contribution in [-0.4, -0.2) is 25.7 Å². The van der Waals surface area contributed by atoms with Gasteiger partial charge in [-0.1, -0.05) is 43.9 Å². The first kappa shape index (κ1) is 17.7. The van der Waals surface area contributed by atoms with Gasteiger partial charge in [0.15, 0.2) is 0 Å². The van der Waals surface area contributed by atoms with Crippen molar-refractivity contribution in [2.75, 3.05) is 13.7 Å². The van der Waals surface area contributed by atoms with Crippen molar-refractivity contribution in [1.82, 2.24) is 10.6 Å². The van der Waals surface area contributed by atoms with Crippen molar-refractivity contribution < 1.29 is 13.9 Å². The van der Waals surface area contributed by atoms with E-state index in [9.17, 15) is 9.18 Å². The third-order valence-corrected chi connectivity index (χ3v) is 4.67. The molecule has 2 amide bonds. The Morgan fingerprint density at radius 2 is 1.91 bits per heavy atom. The fraction of sp³-hybridized carbons (Fsp3) is 0.611. The number of benzene rings is 1. The van der Waals surface area contributed by atoms with Gasteiger partial charge in [0.2, 0.25) is 0 Å². The van der Waals surface area contributed by atoms with E-state index in [4.69, 9.17) is 4.74 Å². The Labute approximate surface area is 137 Å². The Hall–Kier alpha value is -1.62. The summed E-state index contributed by atoms with van der Waals surface area (Å²) in [5, 5.41) is 5.85. The maximum atomic E-state index is 14.0. The third kappa shape index (κ3) is 4.93. The summed E-state index contributed by atoms with van der Waals surface area (Å²) >= 11 is 0. The molecule has 0 spiro atoms. The van der Waals surface area contributed by atoms with Crippen molar-refractivity contribution in [1.29, 1.82) is 0 Å². The Morgan fingerprint density at radius 1 is 1.26 bits per heavy atom. The molecule has 0 radical (unpaired) electrons. The monoisotopic (exact) mass is 322 g/mol. The number of rotatable bonds is 5. The maximum absolute atomic E-state index is 14.0. The molecule has 5 heteroatoms. The van der Waals surface area contributed by atoms with E-state index in [0.717, 1.165) is 25.7 Å². The highest BCUT2D eigenvalue weighted by atomic mass is 19.1. The summed E-state index contributed by atoms with van der Waals surface area (Å²) in [6.45, 7) is 1.99. The lowest BCUT2D eigenvalue weighted by molar-refractivity contribution is 0.00196. The van der Waals surface area contributed by atoms with E-state index < -0.39 is 5.60 Å². The van der Waals surface area contributed by atoms with E-state index in [1.807, 2.05) is 0 Å². The lowest BCUT2D eigenvalue weighted by atomic mass is 9.95. The number of hydrogen-bond acceptors (Lipinski definition) is 2. The lowest BCUT2D eigenvalue weighted by Crippen LogP contribution is -2.47. The van der Waals surface area contributed by atoms with Gasteiger partial charge in [-0.15, -0.1) is 0 Å². The minimum atomic E-state index is -0.897. The molecule has 0 aliphatic heterocycles. The molecule has 0 bridgehead atoms. The van der Waals surface area contributed by atoms with Crippen LogP contribution in [0.3, 0.4) is 0 Å². The molecular formula is C18H27FN2O2. The predicted molar refractivity (Wildman–Crippen MR) is 88.8 cm³/mol. The van der Waals surface area contributed by atoms with E-state index in [0.29, 0.717) is 5.56 Å². The summed E-state index contributed by atoms with van der Waals surface area (Å²) < 4.78 is 19.5. The van der Waals surface area contributed by atoms with Crippen LogP contribution in [0.15, 0.2) is 24.3 Å². The largest absolute Gasteiger partial charge is 0.372 e. The molecule has 1 fully saturated rings. The van der Waals surface area contributed by atoms with Gasteiger partial charge >= 0.3 is 6.03 Å². The highest BCUT2D eigenvalue weighted by Crippen LogP contribution is 2.26. The van der Waals surface area contributed by atoms with Gasteiger partial charge in [-0.2, -0.15) is 0 Å². The second-order valence-corrected chi connectivity index (χ2v) is 6.43. The number of methoxy groups -OCH3 is 1. The molecule has 23 heavy (non-hydrogen) atoms. The molecule has 1 atom stereocenters. The summed E-state index contributed by atoms with van der Waals surface area (Å²) in [6, 6.07) is 6.51. The van der Waals surface area contributed by atoms with Gasteiger partial charge in [-0.25, -0.2) is 9.18 Å². The topological polar surface area (TPSA) is 50.4 Å². The van der Waals surface area contributed by atoms with Crippen LogP contribution >= 0.6 is 0 Å². The number of ether oxygens (including phenoxy) is 1. The molecule has 1 aliphatic carbocycles. The Kier molecular flexibility index (Phi) is 6.39. The lowest BCUT2D eigenvalue weighted by Gasteiger charge is -2.29. The van der Waals surface area contributed by atoms with Crippen LogP contribution in [0.4, 0.5) is 9.18 Å². The molecule has 1 aromatic carbocycles. The van der Waals surface area contributed by atoms with E-state index >= 15 is 0 Å². The Balaban J connectivity index is 1.91. The highest BCUT2D eigenvalue weighted by molar-refractivity contribution is 5.74. The first-order valence-corrected chi connectivity index (χ1v) is 8.40. The predicted octanol–water partition coefficient (Wildman–Crippen LogP) is 3.71. The van der Waals surface area contributed by atoms with E-state index in [1.165, 1.54) is 26.0 Å². The standard InChI is InChI=1S/C18H27FN2O2/c1-18(23-2,15-11-7-8-12-16(15)19)13-20-17(22)21-14-9-5-3-4-6-10-14/h7-8,11-12,14H,3-6,9-10,13H2,1-2H3,(H2,20,21,22). The molecule has 1 aliphatic rings. The van der Waals surface area contributed by atoms with Crippen LogP contribution in [0.2, 0.25) is 0 Å². The van der Waals surface area contributed by atoms with Gasteiger partial charge in [0, 0.05) is 18.7 Å². The quantitative estimate of drug-likeness (QED) is 0.812.